The lowest BCUT2D eigenvalue weighted by Crippen LogP contribution is -2.50. The van der Waals surface area contributed by atoms with Crippen molar-refractivity contribution in [1.29, 1.82) is 5.41 Å². The Balaban J connectivity index is 0.986. The van der Waals surface area contributed by atoms with Gasteiger partial charge >= 0.3 is 35.9 Å². The molecular weight excluding hydrogens is 1710 g/mol. The van der Waals surface area contributed by atoms with E-state index < -0.39 is 193 Å². The molecule has 0 aliphatic carbocycles. The van der Waals surface area contributed by atoms with Gasteiger partial charge in [0.15, 0.2) is 47.3 Å². The van der Waals surface area contributed by atoms with Crippen LogP contribution in [0.5, 0.6) is 5.75 Å². The van der Waals surface area contributed by atoms with Crippen LogP contribution in [-0.4, -0.2) is 231 Å². The number of phenolic OH excluding ortho intramolecular Hbond substituents is 1. The first-order chi connectivity index (χ1) is 60.2. The third kappa shape index (κ3) is 35.1. The monoisotopic (exact) mass is 1830 g/mol. The number of thiazole rings is 1. The highest BCUT2D eigenvalue weighted by molar-refractivity contribution is 8.76. The number of amides is 7. The van der Waals surface area contributed by atoms with Crippen molar-refractivity contribution in [1.82, 2.24) is 72.2 Å². The number of aromatic hydroxyl groups is 1. The number of ketones is 3. The van der Waals surface area contributed by atoms with Crippen LogP contribution in [0.4, 0.5) is 16.4 Å². The molecule has 3 aromatic heterocycles. The van der Waals surface area contributed by atoms with Crippen molar-refractivity contribution in [2.75, 3.05) is 56.0 Å². The zero-order valence-corrected chi connectivity index (χ0v) is 74.8. The third-order valence-electron chi connectivity index (χ3n) is 21.1. The first-order valence-electron chi connectivity index (χ1n) is 41.7. The molecule has 1 aliphatic heterocycles. The van der Waals surface area contributed by atoms with Crippen LogP contribution in [0.1, 0.15) is 201 Å². The molecule has 694 valence electrons. The number of fused-ring (bicyclic) bond motifs is 1. The SMILES string of the molecule is CCCC(=O)OCN(C(=O)[C@@H](CC(=O)[C@H]1CCCCN1C)C(C)CC)[C@H](C[C@@H](OC(C)=O)c1nc(C(=O)N[C@@H](Cc2ccc(O)cc2)C[C@H](C)C(=O)NNC(=O)OCCSSCC(CC(=O)C(CC(=O)O)NC(=O)[C@H](CCCNC(=N)N)CC(=O)C(C)NC(=O)CC[C@H](NC(=O)c2ccc(NCc3cnc4nc(N)[nH]c(=O)c4n3)cc2)C(=O)O)C(=O)O)cs1)C(C)C. The number of H-pyrrole nitrogens is 1. The standard InChI is InChI=1S/C83H116N18O23S3/c1-10-15-69(110)123-43-101(78(116)57(45(5)11-2)36-65(106)61-17-12-13-29-100(61)9)62(44(3)4)38-66(124-48(8)102)77-95-60(42-125-77)75(114)92-54(33-49-18-24-56(103)25-19-49)32-46(6)72(111)98-99-83(121)122-30-31-126-127-41-52(79(117)118)35-64(105)59(37-68(108)109)94-74(113)51(16-14-28-87-81(84)85)34-63(104)47(7)90-67(107)27-26-58(80(119)120)93-73(112)50-20-22-53(23-21-50)88-39-55-40-89-71-70(91-55)76(115)97-82(86)96-71/h18-25,40,42,44-47,51-52,54,57-59,61-62,66,88,103H,10-17,26-39,41,43H2,1-9H3,(H,90,107)(H,92,114)(H,93,112)(H,94,113)(H,98,111)(H,99,121)(H,108,109)(H,117,118)(H,119,120)(H4,84,85,87)(H3,86,89,96,97,115)/t45?,46-,47?,51+,52?,54+,57-,58-,59?,61+,62+,66+/m0/s1. The lowest BCUT2D eigenvalue weighted by atomic mass is 9.82. The van der Waals surface area contributed by atoms with Gasteiger partial charge in [0, 0.05) is 110 Å². The summed E-state index contributed by atoms with van der Waals surface area (Å²) in [6.07, 6.45) is -0.439. The van der Waals surface area contributed by atoms with Crippen LogP contribution >= 0.6 is 32.9 Å². The van der Waals surface area contributed by atoms with Crippen molar-refractivity contribution in [3.05, 3.63) is 98.0 Å². The van der Waals surface area contributed by atoms with E-state index in [9.17, 15) is 92.3 Å². The van der Waals surface area contributed by atoms with E-state index in [0.29, 0.717) is 36.2 Å². The predicted molar refractivity (Wildman–Crippen MR) is 469 cm³/mol. The number of esters is 2. The summed E-state index contributed by atoms with van der Waals surface area (Å²) in [4.78, 5) is 236. The van der Waals surface area contributed by atoms with Crippen molar-refractivity contribution in [2.45, 2.75) is 213 Å². The lowest BCUT2D eigenvalue weighted by Gasteiger charge is -2.39. The quantitative estimate of drug-likeness (QED) is 0.00336. The van der Waals surface area contributed by atoms with Crippen molar-refractivity contribution in [3.63, 3.8) is 0 Å². The van der Waals surface area contributed by atoms with E-state index in [4.69, 9.17) is 31.1 Å². The number of aromatic nitrogens is 5. The van der Waals surface area contributed by atoms with Crippen LogP contribution in [0, 0.1) is 40.9 Å². The van der Waals surface area contributed by atoms with Crippen LogP contribution < -0.4 is 59.8 Å². The maximum absolute atomic E-state index is 15.1. The number of nitrogens with one attached hydrogen (secondary N) is 10. The van der Waals surface area contributed by atoms with Crippen LogP contribution in [0.15, 0.2) is 64.9 Å². The largest absolute Gasteiger partial charge is 0.508 e. The molecule has 0 saturated carbocycles. The normalized spacial score (nSPS) is 15.2. The van der Waals surface area contributed by atoms with Gasteiger partial charge in [0.05, 0.1) is 48.9 Å². The molecule has 4 unspecified atom stereocenters. The highest BCUT2D eigenvalue weighted by atomic mass is 33.1. The maximum atomic E-state index is 15.1. The van der Waals surface area contributed by atoms with E-state index in [1.165, 1.54) is 73.6 Å². The summed E-state index contributed by atoms with van der Waals surface area (Å²) >= 11 is 1.02. The molecule has 6 rings (SSSR count). The Morgan fingerprint density at radius 1 is 0.772 bits per heavy atom. The number of rotatable bonds is 54. The molecule has 2 aromatic carbocycles. The number of guanidine groups is 1. The molecule has 5 aromatic rings. The number of hydrazine groups is 1. The molecule has 41 nitrogen and oxygen atoms in total. The summed E-state index contributed by atoms with van der Waals surface area (Å²) in [6, 6.07) is 5.44. The Kier molecular flexibility index (Phi) is 42.7. The van der Waals surface area contributed by atoms with Gasteiger partial charge in [-0.15, -0.1) is 11.3 Å². The molecule has 0 bridgehead atoms. The average Bonchev–Trinajstić information content (AvgIpc) is 1.64. The predicted octanol–water partition coefficient (Wildman–Crippen LogP) is 5.46. The fourth-order valence-electron chi connectivity index (χ4n) is 13.8. The van der Waals surface area contributed by atoms with E-state index in [-0.39, 0.29) is 139 Å². The highest BCUT2D eigenvalue weighted by Crippen LogP contribution is 2.35. The first-order valence-corrected chi connectivity index (χ1v) is 45.0. The average molecular weight is 1830 g/mol. The molecule has 18 N–H and O–H groups in total. The molecule has 4 heterocycles. The molecular formula is C83H116N18O23S3. The number of carboxylic acids is 3. The van der Waals surface area contributed by atoms with Crippen LogP contribution in [0.25, 0.3) is 11.2 Å². The summed E-state index contributed by atoms with van der Waals surface area (Å²) in [5, 5.41) is 65.0. The maximum Gasteiger partial charge on any atom is 0.426 e. The fraction of sp³-hybridized carbons (Fsp3) is 0.554. The number of Topliss-reactive ketones (excluding diaryl/α,β-unsaturated/α-hetero) is 3. The molecule has 127 heavy (non-hydrogen) atoms. The van der Waals surface area contributed by atoms with Gasteiger partial charge in [-0.2, -0.15) is 4.98 Å². The fourth-order valence-corrected chi connectivity index (χ4v) is 16.8. The van der Waals surface area contributed by atoms with Gasteiger partial charge in [-0.25, -0.2) is 30.0 Å². The molecule has 1 aliphatic rings. The highest BCUT2D eigenvalue weighted by Gasteiger charge is 2.41. The van der Waals surface area contributed by atoms with Gasteiger partial charge in [0.1, 0.15) is 29.1 Å². The molecule has 12 atom stereocenters. The van der Waals surface area contributed by atoms with Crippen molar-refractivity contribution < 1.29 is 107 Å². The Morgan fingerprint density at radius 2 is 1.48 bits per heavy atom. The number of nitrogens with two attached hydrogens (primary N) is 2. The van der Waals surface area contributed by atoms with E-state index in [2.05, 4.69) is 67.7 Å². The zero-order valence-electron chi connectivity index (χ0n) is 72.4. The van der Waals surface area contributed by atoms with E-state index in [0.717, 1.165) is 52.3 Å². The first kappa shape index (κ1) is 104. The van der Waals surface area contributed by atoms with E-state index >= 15 is 4.79 Å². The van der Waals surface area contributed by atoms with Crippen molar-refractivity contribution >= 4 is 150 Å². The molecule has 0 spiro atoms. The number of carbonyl (C=O) groups excluding carboxylic acids is 12. The summed E-state index contributed by atoms with van der Waals surface area (Å²) < 4.78 is 16.9. The summed E-state index contributed by atoms with van der Waals surface area (Å²) in [7, 11) is 3.90. The molecule has 0 radical (unpaired) electrons. The topological polar surface area (TPSA) is 628 Å². The number of nitrogens with zero attached hydrogens (tertiary/aromatic N) is 6. The second-order valence-electron chi connectivity index (χ2n) is 31.4. The number of aromatic amines is 1. The number of likely N-dealkylation sites (N-methyl/N-ethyl adjacent to an activating group) is 1. The number of nitrogen functional groups attached to an aromatic ring is 1. The minimum absolute atomic E-state index is 0.0259. The molecule has 1 saturated heterocycles. The number of hydrogen-bond donors (Lipinski definition) is 16. The number of carboxylic acid groups (broad SMARTS) is 3. The lowest BCUT2D eigenvalue weighted by molar-refractivity contribution is -0.162. The second-order valence-corrected chi connectivity index (χ2v) is 34.9. The smallest absolute Gasteiger partial charge is 0.426 e. The van der Waals surface area contributed by atoms with Crippen LogP contribution in [0.3, 0.4) is 0 Å². The van der Waals surface area contributed by atoms with Gasteiger partial charge in [-0.1, -0.05) is 88.1 Å². The Bertz CT molecular complexity index is 4710. The number of piperidine rings is 1. The van der Waals surface area contributed by atoms with Crippen LogP contribution in [0.2, 0.25) is 0 Å². The van der Waals surface area contributed by atoms with E-state index in [1.807, 2.05) is 46.6 Å². The Hall–Kier alpha value is -11.9. The summed E-state index contributed by atoms with van der Waals surface area (Å²) in [5.41, 5.74) is 16.4. The van der Waals surface area contributed by atoms with Crippen molar-refractivity contribution in [3.8, 4) is 5.75 Å². The second kappa shape index (κ2) is 52.2. The van der Waals surface area contributed by atoms with Gasteiger partial charge in [0.2, 0.25) is 29.6 Å². The molecule has 1 fully saturated rings. The summed E-state index contributed by atoms with van der Waals surface area (Å²) in [5.74, 6) is -17.6. The zero-order chi connectivity index (χ0) is 93.7. The number of anilines is 2. The Labute approximate surface area is 745 Å². The van der Waals surface area contributed by atoms with Crippen molar-refractivity contribution in [2.24, 2.45) is 41.2 Å². The molecule has 7 amide bonds. The minimum atomic E-state index is -1.80. The number of hydrogen-bond acceptors (Lipinski definition) is 31. The molecule has 44 heteroatoms. The Morgan fingerprint density at radius 3 is 2.13 bits per heavy atom. The number of aliphatic carboxylic acids is 3. The van der Waals surface area contributed by atoms with E-state index in [1.54, 1.807) is 12.1 Å². The van der Waals surface area contributed by atoms with Gasteiger partial charge in [-0.05, 0) is 126 Å². The van der Waals surface area contributed by atoms with Gasteiger partial charge < -0.3 is 82.9 Å². The number of carbonyl (C=O) groups is 15. The summed E-state index contributed by atoms with van der Waals surface area (Å²) in [6.45, 7) is 13.6. The number of benzene rings is 2. The number of phenols is 1. The van der Waals surface area contributed by atoms with Gasteiger partial charge in [0.25, 0.3) is 17.4 Å². The van der Waals surface area contributed by atoms with Gasteiger partial charge in [-0.3, -0.25) is 87.8 Å². The third-order valence-corrected chi connectivity index (χ3v) is 24.5. The minimum Gasteiger partial charge on any atom is -0.508 e. The van der Waals surface area contributed by atoms with Crippen LogP contribution in [-0.2, 0) is 84.7 Å². The number of likely N-dealkylation sites (tertiary alicyclic amines) is 1. The number of ether oxygens (including phenoxy) is 3.